The molecule has 0 aliphatic rings. The van der Waals surface area contributed by atoms with Crippen LogP contribution in [0.4, 0.5) is 11.4 Å². The monoisotopic (exact) mass is 624 g/mol. The predicted octanol–water partition coefficient (Wildman–Crippen LogP) is 10.2. The minimum atomic E-state index is -0.401. The fourth-order valence-electron chi connectivity index (χ4n) is 5.47. The maximum Gasteiger partial charge on any atom is 0.313 e. The Morgan fingerprint density at radius 2 is 0.711 bits per heavy atom. The largest absolute Gasteiger partial charge is 0.393 e. The van der Waals surface area contributed by atoms with E-state index in [-0.39, 0.29) is 21.2 Å². The van der Waals surface area contributed by atoms with Gasteiger partial charge in [-0.05, 0) is 49.7 Å². The number of nitro groups is 2. The molecule has 0 radical (unpaired) electrons. The van der Waals surface area contributed by atoms with E-state index in [9.17, 15) is 29.8 Å². The summed E-state index contributed by atoms with van der Waals surface area (Å²) >= 11 is 0. The average molecular weight is 625 g/mol. The first kappa shape index (κ1) is 37.6. The van der Waals surface area contributed by atoms with E-state index in [1.54, 1.807) is 24.3 Å². The molecule has 0 saturated heterocycles. The van der Waals surface area contributed by atoms with E-state index in [2.05, 4.69) is 0 Å². The summed E-state index contributed by atoms with van der Waals surface area (Å²) < 4.78 is 4.97. The number of non-ortho nitro benzene ring substituents is 2. The van der Waals surface area contributed by atoms with E-state index in [0.29, 0.717) is 12.8 Å². The number of nitrogens with zero attached hydrogens (tertiary/aromatic N) is 2. The number of hydrogen-bond acceptors (Lipinski definition) is 7. The summed E-state index contributed by atoms with van der Waals surface area (Å²) in [5, 5.41) is 21.4. The number of carbonyl (C=O) groups excluding carboxylic acids is 2. The molecule has 0 saturated carbocycles. The zero-order valence-corrected chi connectivity index (χ0v) is 26.9. The molecule has 248 valence electrons. The first-order chi connectivity index (χ1) is 21.8. The number of unbranched alkanes of at least 4 members (excludes halogenated alkanes) is 16. The summed E-state index contributed by atoms with van der Waals surface area (Å²) in [6.07, 6.45) is 22.1. The Morgan fingerprint density at radius 1 is 0.444 bits per heavy atom. The van der Waals surface area contributed by atoms with Crippen LogP contribution in [-0.2, 0) is 27.2 Å². The minimum absolute atomic E-state index is 0.137. The fourth-order valence-corrected chi connectivity index (χ4v) is 5.47. The van der Waals surface area contributed by atoms with Crippen LogP contribution < -0.4 is 0 Å². The quantitative estimate of drug-likeness (QED) is 0.0334. The van der Waals surface area contributed by atoms with Gasteiger partial charge in [-0.3, -0.25) is 29.8 Å². The van der Waals surface area contributed by atoms with E-state index in [4.69, 9.17) is 4.74 Å². The molecule has 0 spiro atoms. The van der Waals surface area contributed by atoms with Gasteiger partial charge in [0.2, 0.25) is 0 Å². The third-order valence-electron chi connectivity index (χ3n) is 8.21. The zero-order valence-electron chi connectivity index (χ0n) is 26.9. The van der Waals surface area contributed by atoms with Gasteiger partial charge in [-0.2, -0.15) is 0 Å². The van der Waals surface area contributed by atoms with Crippen molar-refractivity contribution in [3.63, 3.8) is 0 Å². The highest BCUT2D eigenvalue weighted by molar-refractivity contribution is 5.85. The van der Waals surface area contributed by atoms with Crippen molar-refractivity contribution in [1.29, 1.82) is 0 Å². The molecule has 0 unspecified atom stereocenters. The number of rotatable bonds is 26. The van der Waals surface area contributed by atoms with Crippen LogP contribution in [0.1, 0.15) is 140 Å². The second-order valence-electron chi connectivity index (χ2n) is 12.1. The number of benzene rings is 2. The number of ether oxygens (including phenoxy) is 1. The number of esters is 2. The summed E-state index contributed by atoms with van der Waals surface area (Å²) in [7, 11) is 0. The Kier molecular flexibility index (Phi) is 19.8. The van der Waals surface area contributed by atoms with Gasteiger partial charge in [0.05, 0.1) is 9.85 Å². The molecule has 0 aromatic heterocycles. The normalized spacial score (nSPS) is 10.9. The first-order valence-corrected chi connectivity index (χ1v) is 17.1. The first-order valence-electron chi connectivity index (χ1n) is 17.1. The molecule has 0 fully saturated rings. The third kappa shape index (κ3) is 18.7. The van der Waals surface area contributed by atoms with Crippen molar-refractivity contribution in [3.8, 4) is 0 Å². The molecule has 0 atom stereocenters. The number of carbonyl (C=O) groups is 2. The number of nitro benzene ring substituents is 2. The second kappa shape index (κ2) is 23.7. The zero-order chi connectivity index (χ0) is 32.5. The van der Waals surface area contributed by atoms with E-state index < -0.39 is 11.9 Å². The van der Waals surface area contributed by atoms with Crippen LogP contribution in [0.25, 0.3) is 0 Å². The van der Waals surface area contributed by atoms with Gasteiger partial charge in [0.1, 0.15) is 0 Å². The van der Waals surface area contributed by atoms with Crippen LogP contribution in [0.3, 0.4) is 0 Å². The van der Waals surface area contributed by atoms with Gasteiger partial charge in [0, 0.05) is 37.1 Å². The molecule has 2 rings (SSSR count). The van der Waals surface area contributed by atoms with Crippen LogP contribution >= 0.6 is 0 Å². The molecular formula is C36H52N2O7. The van der Waals surface area contributed by atoms with Crippen molar-refractivity contribution in [2.24, 2.45) is 0 Å². The predicted molar refractivity (Wildman–Crippen MR) is 177 cm³/mol. The lowest BCUT2D eigenvalue weighted by molar-refractivity contribution is -0.385. The molecular weight excluding hydrogens is 572 g/mol. The second-order valence-corrected chi connectivity index (χ2v) is 12.1. The average Bonchev–Trinajstić information content (AvgIpc) is 3.02. The molecule has 45 heavy (non-hydrogen) atoms. The van der Waals surface area contributed by atoms with E-state index in [1.807, 2.05) is 24.3 Å². The van der Waals surface area contributed by atoms with Crippen molar-refractivity contribution >= 4 is 23.3 Å². The Morgan fingerprint density at radius 3 is 1.00 bits per heavy atom. The lowest BCUT2D eigenvalue weighted by atomic mass is 10.0. The Labute approximate surface area is 268 Å². The molecule has 0 aliphatic carbocycles. The van der Waals surface area contributed by atoms with Crippen molar-refractivity contribution in [2.45, 2.75) is 141 Å². The molecule has 0 aliphatic heterocycles. The minimum Gasteiger partial charge on any atom is -0.393 e. The lowest BCUT2D eigenvalue weighted by Crippen LogP contribution is -2.11. The summed E-state index contributed by atoms with van der Waals surface area (Å²) in [6, 6.07) is 13.6. The Hall–Kier alpha value is -3.62. The number of aryl methyl sites for hydroxylation is 2. The summed E-state index contributed by atoms with van der Waals surface area (Å²) in [4.78, 5) is 44.6. The van der Waals surface area contributed by atoms with Crippen LogP contribution in [0.2, 0.25) is 0 Å². The highest BCUT2D eigenvalue weighted by Crippen LogP contribution is 2.17. The molecule has 2 aromatic carbocycles. The van der Waals surface area contributed by atoms with Crippen LogP contribution in [0.5, 0.6) is 0 Å². The van der Waals surface area contributed by atoms with Crippen molar-refractivity contribution in [2.75, 3.05) is 0 Å². The van der Waals surface area contributed by atoms with Gasteiger partial charge in [0.15, 0.2) is 0 Å². The van der Waals surface area contributed by atoms with Crippen molar-refractivity contribution in [3.05, 3.63) is 79.9 Å². The molecule has 2 aromatic rings. The van der Waals surface area contributed by atoms with Crippen molar-refractivity contribution < 1.29 is 24.2 Å². The van der Waals surface area contributed by atoms with Gasteiger partial charge in [-0.25, -0.2) is 0 Å². The summed E-state index contributed by atoms with van der Waals surface area (Å²) in [5.74, 6) is -0.803. The van der Waals surface area contributed by atoms with Crippen LogP contribution in [-0.4, -0.2) is 21.8 Å². The maximum absolute atomic E-state index is 11.9. The number of hydrogen-bond donors (Lipinski definition) is 0. The molecule has 0 heterocycles. The molecule has 9 nitrogen and oxygen atoms in total. The van der Waals surface area contributed by atoms with E-state index in [0.717, 1.165) is 101 Å². The van der Waals surface area contributed by atoms with Gasteiger partial charge in [-0.1, -0.05) is 114 Å². The van der Waals surface area contributed by atoms with E-state index >= 15 is 0 Å². The van der Waals surface area contributed by atoms with Gasteiger partial charge in [-0.15, -0.1) is 0 Å². The van der Waals surface area contributed by atoms with Gasteiger partial charge in [0.25, 0.3) is 11.4 Å². The highest BCUT2D eigenvalue weighted by Gasteiger charge is 2.10. The van der Waals surface area contributed by atoms with Crippen LogP contribution in [0.15, 0.2) is 48.5 Å². The lowest BCUT2D eigenvalue weighted by Gasteiger charge is -2.05. The Balaban J connectivity index is 1.30. The maximum atomic E-state index is 11.9. The van der Waals surface area contributed by atoms with Crippen molar-refractivity contribution in [1.82, 2.24) is 0 Å². The topological polar surface area (TPSA) is 130 Å². The molecule has 0 amide bonds. The summed E-state index contributed by atoms with van der Waals surface area (Å²) in [5.41, 5.74) is 2.56. The molecule has 0 N–H and O–H groups in total. The highest BCUT2D eigenvalue weighted by atomic mass is 16.6. The molecule has 0 bridgehead atoms. The standard InChI is InChI=1S/C36H52N2O7/c39-35(21-17-13-9-5-1-3-7-11-15-19-31-23-27-33(28-24-31)37(41)42)45-36(40)22-18-14-10-6-2-4-8-12-16-20-32-25-29-34(30-26-32)38(43)44/h23-30H,1-22H2. The van der Waals surface area contributed by atoms with E-state index in [1.165, 1.54) is 38.5 Å². The fraction of sp³-hybridized carbons (Fsp3) is 0.611. The summed E-state index contributed by atoms with van der Waals surface area (Å²) in [6.45, 7) is 0. The Bertz CT molecular complexity index is 1040. The SMILES string of the molecule is O=C(CCCCCCCCCCCc1ccc([N+](=O)[O-])cc1)OC(=O)CCCCCCCCCCCc1ccc([N+](=O)[O-])cc1. The smallest absolute Gasteiger partial charge is 0.313 e. The van der Waals surface area contributed by atoms with Gasteiger partial charge < -0.3 is 4.74 Å². The third-order valence-corrected chi connectivity index (χ3v) is 8.21. The van der Waals surface area contributed by atoms with Gasteiger partial charge >= 0.3 is 11.9 Å². The van der Waals surface area contributed by atoms with Crippen LogP contribution in [0, 0.1) is 20.2 Å². The molecule has 9 heteroatoms.